The third-order valence-corrected chi connectivity index (χ3v) is 5.59. The molecule has 1 aliphatic rings. The number of nitrogens with zero attached hydrogens (tertiary/aromatic N) is 5. The van der Waals surface area contributed by atoms with E-state index >= 15 is 0 Å². The van der Waals surface area contributed by atoms with Gasteiger partial charge in [-0.15, -0.1) is 0 Å². The SMILES string of the molecule is Cc1cc(N2CC(F)(F)C2)nc(C)c1Oc1nc(-c2cncc(C#N)c2)ccc1NS(C)(=O)=O. The van der Waals surface area contributed by atoms with Crippen LogP contribution >= 0.6 is 0 Å². The van der Waals surface area contributed by atoms with Crippen molar-refractivity contribution in [2.45, 2.75) is 19.8 Å². The molecule has 0 amide bonds. The molecule has 1 N–H and O–H groups in total. The lowest BCUT2D eigenvalue weighted by Crippen LogP contribution is -2.56. The maximum absolute atomic E-state index is 13.3. The first-order chi connectivity index (χ1) is 15.9. The number of nitrogens with one attached hydrogen (secondary N) is 1. The van der Waals surface area contributed by atoms with Gasteiger partial charge in [0, 0.05) is 18.0 Å². The van der Waals surface area contributed by atoms with E-state index in [-0.39, 0.29) is 11.6 Å². The van der Waals surface area contributed by atoms with Gasteiger partial charge in [0.1, 0.15) is 17.6 Å². The summed E-state index contributed by atoms with van der Waals surface area (Å²) in [4.78, 5) is 14.3. The van der Waals surface area contributed by atoms with Gasteiger partial charge in [-0.1, -0.05) is 0 Å². The largest absolute Gasteiger partial charge is 0.435 e. The molecule has 0 aromatic carbocycles. The Labute approximate surface area is 195 Å². The molecule has 0 unspecified atom stereocenters. The zero-order valence-corrected chi connectivity index (χ0v) is 19.3. The van der Waals surface area contributed by atoms with Crippen LogP contribution in [0.25, 0.3) is 11.3 Å². The second kappa shape index (κ2) is 8.49. The topological polar surface area (TPSA) is 121 Å². The molecule has 0 bridgehead atoms. The Bertz CT molecular complexity index is 1390. The standard InChI is InChI=1S/C22H20F2N6O3S/c1-13-6-19(30-11-22(23,24)12-30)27-14(2)20(13)33-21-18(29-34(3,31)32)5-4-17(28-21)16-7-15(8-25)9-26-10-16/h4-7,9-10,29H,11-12H2,1-3H3. The summed E-state index contributed by atoms with van der Waals surface area (Å²) >= 11 is 0. The highest BCUT2D eigenvalue weighted by molar-refractivity contribution is 7.92. The number of hydrogen-bond donors (Lipinski definition) is 1. The number of aryl methyl sites for hydroxylation is 2. The molecule has 3 aromatic rings. The lowest BCUT2D eigenvalue weighted by molar-refractivity contribution is -0.0267. The van der Waals surface area contributed by atoms with Crippen molar-refractivity contribution in [3.63, 3.8) is 0 Å². The molecule has 1 saturated heterocycles. The van der Waals surface area contributed by atoms with E-state index in [9.17, 15) is 17.2 Å². The van der Waals surface area contributed by atoms with Gasteiger partial charge in [-0.3, -0.25) is 9.71 Å². The molecule has 4 rings (SSSR count). The van der Waals surface area contributed by atoms with Crippen LogP contribution < -0.4 is 14.4 Å². The molecule has 0 aliphatic carbocycles. The predicted octanol–water partition coefficient (Wildman–Crippen LogP) is 3.65. The fraction of sp³-hybridized carbons (Fsp3) is 0.273. The minimum absolute atomic E-state index is 0.0403. The Kier molecular flexibility index (Phi) is 5.82. The summed E-state index contributed by atoms with van der Waals surface area (Å²) in [6.45, 7) is 2.60. The summed E-state index contributed by atoms with van der Waals surface area (Å²) in [6.07, 6.45) is 3.93. The van der Waals surface area contributed by atoms with Crippen molar-refractivity contribution in [2.75, 3.05) is 29.0 Å². The molecule has 1 fully saturated rings. The summed E-state index contributed by atoms with van der Waals surface area (Å²) in [7, 11) is -3.64. The van der Waals surface area contributed by atoms with Crippen molar-refractivity contribution < 1.29 is 21.9 Å². The van der Waals surface area contributed by atoms with Gasteiger partial charge in [0.05, 0.1) is 36.3 Å². The summed E-state index contributed by atoms with van der Waals surface area (Å²) in [6, 6.07) is 8.30. The second-order valence-corrected chi connectivity index (χ2v) is 9.77. The molecular weight excluding hydrogens is 466 g/mol. The third-order valence-electron chi connectivity index (χ3n) is 5.00. The number of halogens is 2. The van der Waals surface area contributed by atoms with Crippen molar-refractivity contribution in [2.24, 2.45) is 0 Å². The fourth-order valence-electron chi connectivity index (χ4n) is 3.48. The van der Waals surface area contributed by atoms with Crippen LogP contribution in [0.4, 0.5) is 20.3 Å². The number of anilines is 2. The Balaban J connectivity index is 1.72. The molecule has 3 aromatic heterocycles. The Morgan fingerprint density at radius 1 is 1.18 bits per heavy atom. The number of pyridine rings is 3. The van der Waals surface area contributed by atoms with Gasteiger partial charge in [0.15, 0.2) is 5.75 Å². The molecule has 12 heteroatoms. The first-order valence-electron chi connectivity index (χ1n) is 10.1. The average Bonchev–Trinajstić information content (AvgIpc) is 2.74. The molecule has 4 heterocycles. The minimum atomic E-state index is -3.64. The first kappa shape index (κ1) is 23.3. The molecule has 0 saturated carbocycles. The highest BCUT2D eigenvalue weighted by Crippen LogP contribution is 2.37. The lowest BCUT2D eigenvalue weighted by atomic mass is 10.1. The monoisotopic (exact) mass is 486 g/mol. The highest BCUT2D eigenvalue weighted by atomic mass is 32.2. The Morgan fingerprint density at radius 3 is 2.53 bits per heavy atom. The van der Waals surface area contributed by atoms with Gasteiger partial charge in [-0.2, -0.15) is 5.26 Å². The fourth-order valence-corrected chi connectivity index (χ4v) is 4.04. The molecule has 176 valence electrons. The molecule has 34 heavy (non-hydrogen) atoms. The van der Waals surface area contributed by atoms with E-state index in [0.29, 0.717) is 39.6 Å². The van der Waals surface area contributed by atoms with Gasteiger partial charge in [-0.25, -0.2) is 27.2 Å². The molecule has 0 radical (unpaired) electrons. The van der Waals surface area contributed by atoms with Crippen LogP contribution in [-0.4, -0.2) is 48.6 Å². The van der Waals surface area contributed by atoms with Crippen LogP contribution in [0.2, 0.25) is 0 Å². The second-order valence-electron chi connectivity index (χ2n) is 8.02. The van der Waals surface area contributed by atoms with Crippen molar-refractivity contribution >= 4 is 21.5 Å². The predicted molar refractivity (Wildman–Crippen MR) is 122 cm³/mol. The van der Waals surface area contributed by atoms with Gasteiger partial charge in [0.25, 0.3) is 5.92 Å². The first-order valence-corrected chi connectivity index (χ1v) is 12.0. The van der Waals surface area contributed by atoms with E-state index in [4.69, 9.17) is 10.00 Å². The van der Waals surface area contributed by atoms with Crippen molar-refractivity contribution in [3.05, 3.63) is 53.5 Å². The number of hydrogen-bond acceptors (Lipinski definition) is 8. The number of sulfonamides is 1. The quantitative estimate of drug-likeness (QED) is 0.561. The van der Waals surface area contributed by atoms with Crippen molar-refractivity contribution in [3.8, 4) is 29.0 Å². The van der Waals surface area contributed by atoms with Crippen LogP contribution in [0, 0.1) is 25.2 Å². The van der Waals surface area contributed by atoms with E-state index in [2.05, 4.69) is 19.7 Å². The smallest absolute Gasteiger partial charge is 0.282 e. The molecular formula is C22H20F2N6O3S. The Morgan fingerprint density at radius 2 is 1.91 bits per heavy atom. The number of alkyl halides is 2. The molecule has 1 aliphatic heterocycles. The van der Waals surface area contributed by atoms with Gasteiger partial charge in [-0.05, 0) is 43.7 Å². The minimum Gasteiger partial charge on any atom is -0.435 e. The zero-order chi connectivity index (χ0) is 24.7. The number of nitriles is 1. The van der Waals surface area contributed by atoms with Crippen LogP contribution in [0.1, 0.15) is 16.8 Å². The number of rotatable bonds is 6. The number of ether oxygens (including phenoxy) is 1. The van der Waals surface area contributed by atoms with E-state index in [1.165, 1.54) is 23.4 Å². The molecule has 9 nitrogen and oxygen atoms in total. The average molecular weight is 487 g/mol. The van der Waals surface area contributed by atoms with Gasteiger partial charge in [0.2, 0.25) is 15.9 Å². The maximum Gasteiger partial charge on any atom is 0.282 e. The third kappa shape index (κ3) is 5.04. The molecule has 0 spiro atoms. The highest BCUT2D eigenvalue weighted by Gasteiger charge is 2.44. The van der Waals surface area contributed by atoms with E-state index < -0.39 is 29.0 Å². The Hall–Kier alpha value is -3.85. The van der Waals surface area contributed by atoms with Gasteiger partial charge < -0.3 is 9.64 Å². The van der Waals surface area contributed by atoms with E-state index in [0.717, 1.165) is 6.26 Å². The molecule has 0 atom stereocenters. The van der Waals surface area contributed by atoms with Gasteiger partial charge >= 0.3 is 0 Å². The van der Waals surface area contributed by atoms with Crippen molar-refractivity contribution in [1.29, 1.82) is 5.26 Å². The summed E-state index contributed by atoms with van der Waals surface area (Å²) in [5.74, 6) is -2.04. The van der Waals surface area contributed by atoms with Crippen molar-refractivity contribution in [1.82, 2.24) is 15.0 Å². The van der Waals surface area contributed by atoms with Crippen LogP contribution in [-0.2, 0) is 10.0 Å². The summed E-state index contributed by atoms with van der Waals surface area (Å²) < 4.78 is 58.7. The van der Waals surface area contributed by atoms with E-state index in [1.54, 1.807) is 32.0 Å². The van der Waals surface area contributed by atoms with Crippen LogP contribution in [0.15, 0.2) is 36.7 Å². The summed E-state index contributed by atoms with van der Waals surface area (Å²) in [5.41, 5.74) is 2.42. The lowest BCUT2D eigenvalue weighted by Gasteiger charge is -2.39. The number of aromatic nitrogens is 3. The zero-order valence-electron chi connectivity index (χ0n) is 18.5. The van der Waals surface area contributed by atoms with E-state index in [1.807, 2.05) is 6.07 Å². The summed E-state index contributed by atoms with van der Waals surface area (Å²) in [5, 5.41) is 9.14. The maximum atomic E-state index is 13.3. The normalized spacial score (nSPS) is 14.8. The van der Waals surface area contributed by atoms with Crippen LogP contribution in [0.3, 0.4) is 0 Å². The van der Waals surface area contributed by atoms with Crippen LogP contribution in [0.5, 0.6) is 11.6 Å².